The van der Waals surface area contributed by atoms with Crippen molar-refractivity contribution in [1.29, 1.82) is 0 Å². The molecule has 1 fully saturated rings. The molecule has 0 radical (unpaired) electrons. The number of pyridine rings is 1. The summed E-state index contributed by atoms with van der Waals surface area (Å²) in [5, 5.41) is 6.54. The Balaban J connectivity index is 1.96. The Bertz CT molecular complexity index is 444. The van der Waals surface area contributed by atoms with E-state index < -0.39 is 0 Å². The Morgan fingerprint density at radius 2 is 2.11 bits per heavy atom. The third-order valence-electron chi connectivity index (χ3n) is 3.82. The van der Waals surface area contributed by atoms with Crippen LogP contribution in [0.4, 0.5) is 5.82 Å². The first kappa shape index (κ1) is 14.3. The second-order valence-corrected chi connectivity index (χ2v) is 5.55. The third kappa shape index (κ3) is 3.91. The molecule has 1 amide bonds. The summed E-state index contributed by atoms with van der Waals surface area (Å²) in [4.78, 5) is 16.2. The molecule has 1 aliphatic rings. The highest BCUT2D eigenvalue weighted by Crippen LogP contribution is 2.30. The molecule has 2 N–H and O–H groups in total. The first-order valence-electron chi connectivity index (χ1n) is 6.75. The first-order valence-corrected chi connectivity index (χ1v) is 7.13. The lowest BCUT2D eigenvalue weighted by atomic mass is 9.79. The lowest BCUT2D eigenvalue weighted by molar-refractivity contribution is -0.117. The third-order valence-corrected chi connectivity index (χ3v) is 4.03. The molecule has 1 aromatic rings. The largest absolute Gasteiger partial charge is 0.314 e. The van der Waals surface area contributed by atoms with Gasteiger partial charge < -0.3 is 10.6 Å². The average molecular weight is 282 g/mol. The van der Waals surface area contributed by atoms with Crippen LogP contribution in [0.2, 0.25) is 5.15 Å². The number of carbonyl (C=O) groups excluding carboxylic acids is 1. The van der Waals surface area contributed by atoms with Crippen LogP contribution >= 0.6 is 11.6 Å². The van der Waals surface area contributed by atoms with Crippen molar-refractivity contribution >= 4 is 23.3 Å². The van der Waals surface area contributed by atoms with Crippen molar-refractivity contribution in [3.8, 4) is 0 Å². The van der Waals surface area contributed by atoms with E-state index in [1.54, 1.807) is 18.2 Å². The number of nitrogens with zero attached hydrogens (tertiary/aromatic N) is 1. The van der Waals surface area contributed by atoms with Crippen LogP contribution in [0.15, 0.2) is 18.2 Å². The van der Waals surface area contributed by atoms with Crippen molar-refractivity contribution < 1.29 is 4.79 Å². The van der Waals surface area contributed by atoms with Gasteiger partial charge in [-0.1, -0.05) is 36.9 Å². The molecule has 19 heavy (non-hydrogen) atoms. The minimum atomic E-state index is -0.0547. The van der Waals surface area contributed by atoms with E-state index in [-0.39, 0.29) is 11.4 Å². The fourth-order valence-electron chi connectivity index (χ4n) is 2.72. The molecule has 0 saturated heterocycles. The van der Waals surface area contributed by atoms with Gasteiger partial charge >= 0.3 is 0 Å². The van der Waals surface area contributed by atoms with Crippen LogP contribution in [0, 0.1) is 0 Å². The van der Waals surface area contributed by atoms with E-state index in [0.29, 0.717) is 17.4 Å². The number of halogens is 1. The van der Waals surface area contributed by atoms with Crippen LogP contribution in [-0.4, -0.2) is 23.5 Å². The van der Waals surface area contributed by atoms with Crippen LogP contribution < -0.4 is 10.6 Å². The predicted octanol–water partition coefficient (Wildman–Crippen LogP) is 2.99. The second-order valence-electron chi connectivity index (χ2n) is 5.16. The summed E-state index contributed by atoms with van der Waals surface area (Å²) in [6.45, 7) is 0. The smallest absolute Gasteiger partial charge is 0.227 e. The van der Waals surface area contributed by atoms with Crippen molar-refractivity contribution in [2.45, 2.75) is 44.1 Å². The Labute approximate surface area is 118 Å². The lowest BCUT2D eigenvalue weighted by Gasteiger charge is -2.36. The maximum Gasteiger partial charge on any atom is 0.227 e. The van der Waals surface area contributed by atoms with Gasteiger partial charge in [0, 0.05) is 12.0 Å². The van der Waals surface area contributed by atoms with Crippen LogP contribution in [0.3, 0.4) is 0 Å². The molecule has 2 rings (SSSR count). The molecule has 1 aliphatic carbocycles. The van der Waals surface area contributed by atoms with E-state index in [0.717, 1.165) is 12.8 Å². The number of carbonyl (C=O) groups is 1. The molecule has 0 atom stereocenters. The Kier molecular flexibility index (Phi) is 4.77. The van der Waals surface area contributed by atoms with E-state index in [1.807, 2.05) is 7.05 Å². The van der Waals surface area contributed by atoms with Crippen molar-refractivity contribution in [3.63, 3.8) is 0 Å². The summed E-state index contributed by atoms with van der Waals surface area (Å²) < 4.78 is 0. The van der Waals surface area contributed by atoms with E-state index in [1.165, 1.54) is 19.3 Å². The predicted molar refractivity (Wildman–Crippen MR) is 77.4 cm³/mol. The number of nitrogens with one attached hydrogen (secondary N) is 2. The summed E-state index contributed by atoms with van der Waals surface area (Å²) in [5.41, 5.74) is -0.0547. The van der Waals surface area contributed by atoms with E-state index >= 15 is 0 Å². The van der Waals surface area contributed by atoms with Gasteiger partial charge in [-0.25, -0.2) is 4.98 Å². The molecule has 0 aliphatic heterocycles. The number of hydrogen-bond acceptors (Lipinski definition) is 3. The molecule has 4 nitrogen and oxygen atoms in total. The summed E-state index contributed by atoms with van der Waals surface area (Å²) in [5.74, 6) is 0.505. The van der Waals surface area contributed by atoms with Crippen LogP contribution in [0.25, 0.3) is 0 Å². The lowest BCUT2D eigenvalue weighted by Crippen LogP contribution is -2.47. The van der Waals surface area contributed by atoms with Gasteiger partial charge in [0.1, 0.15) is 11.0 Å². The molecule has 0 bridgehead atoms. The first-order chi connectivity index (χ1) is 9.13. The quantitative estimate of drug-likeness (QED) is 0.834. The Hall–Kier alpha value is -1.13. The number of amides is 1. The van der Waals surface area contributed by atoms with Gasteiger partial charge in [0.15, 0.2) is 0 Å². The van der Waals surface area contributed by atoms with E-state index in [4.69, 9.17) is 11.6 Å². The van der Waals surface area contributed by atoms with Crippen LogP contribution in [0.5, 0.6) is 0 Å². The molecular weight excluding hydrogens is 262 g/mol. The Morgan fingerprint density at radius 3 is 2.74 bits per heavy atom. The SMILES string of the molecule is CNC1(CC(=O)Nc2cccc(Cl)n2)CCCCC1. The van der Waals surface area contributed by atoms with Gasteiger partial charge in [0.25, 0.3) is 0 Å². The summed E-state index contributed by atoms with van der Waals surface area (Å²) in [6.07, 6.45) is 6.23. The second kappa shape index (κ2) is 6.35. The van der Waals surface area contributed by atoms with Crippen molar-refractivity contribution in [2.24, 2.45) is 0 Å². The summed E-state index contributed by atoms with van der Waals surface area (Å²) in [6, 6.07) is 5.21. The standard InChI is InChI=1S/C14H20ClN3O/c1-16-14(8-3-2-4-9-14)10-13(19)18-12-7-5-6-11(15)17-12/h5-7,16H,2-4,8-10H2,1H3,(H,17,18,19). The van der Waals surface area contributed by atoms with Crippen LogP contribution in [-0.2, 0) is 4.79 Å². The molecule has 1 saturated carbocycles. The Morgan fingerprint density at radius 1 is 1.37 bits per heavy atom. The average Bonchev–Trinajstić information content (AvgIpc) is 2.39. The van der Waals surface area contributed by atoms with E-state index in [2.05, 4.69) is 15.6 Å². The van der Waals surface area contributed by atoms with Gasteiger partial charge in [0.2, 0.25) is 5.91 Å². The zero-order valence-electron chi connectivity index (χ0n) is 11.2. The number of hydrogen-bond donors (Lipinski definition) is 2. The molecular formula is C14H20ClN3O. The van der Waals surface area contributed by atoms with Gasteiger partial charge in [-0.3, -0.25) is 4.79 Å². The van der Waals surface area contributed by atoms with Crippen molar-refractivity contribution in [3.05, 3.63) is 23.4 Å². The fraction of sp³-hybridized carbons (Fsp3) is 0.571. The molecule has 0 aromatic carbocycles. The van der Waals surface area contributed by atoms with E-state index in [9.17, 15) is 4.79 Å². The maximum absolute atomic E-state index is 12.1. The normalized spacial score (nSPS) is 18.0. The molecule has 1 aromatic heterocycles. The summed E-state index contributed by atoms with van der Waals surface area (Å²) >= 11 is 5.80. The van der Waals surface area contributed by atoms with Crippen molar-refractivity contribution in [1.82, 2.24) is 10.3 Å². The zero-order valence-corrected chi connectivity index (χ0v) is 12.0. The number of aromatic nitrogens is 1. The maximum atomic E-state index is 12.1. The van der Waals surface area contributed by atoms with Crippen LogP contribution in [0.1, 0.15) is 38.5 Å². The molecule has 104 valence electrons. The van der Waals surface area contributed by atoms with Gasteiger partial charge in [-0.2, -0.15) is 0 Å². The van der Waals surface area contributed by atoms with Crippen molar-refractivity contribution in [2.75, 3.05) is 12.4 Å². The fourth-order valence-corrected chi connectivity index (χ4v) is 2.88. The molecule has 0 spiro atoms. The minimum Gasteiger partial charge on any atom is -0.314 e. The monoisotopic (exact) mass is 281 g/mol. The van der Waals surface area contributed by atoms with Gasteiger partial charge in [0.05, 0.1) is 0 Å². The highest BCUT2D eigenvalue weighted by molar-refractivity contribution is 6.29. The zero-order chi connectivity index (χ0) is 13.7. The minimum absolute atomic E-state index is 0.00832. The number of rotatable bonds is 4. The highest BCUT2D eigenvalue weighted by atomic mass is 35.5. The summed E-state index contributed by atoms with van der Waals surface area (Å²) in [7, 11) is 1.94. The number of anilines is 1. The topological polar surface area (TPSA) is 54.0 Å². The molecule has 1 heterocycles. The molecule has 5 heteroatoms. The van der Waals surface area contributed by atoms with Gasteiger partial charge in [-0.05, 0) is 32.0 Å². The highest BCUT2D eigenvalue weighted by Gasteiger charge is 2.32. The van der Waals surface area contributed by atoms with Gasteiger partial charge in [-0.15, -0.1) is 0 Å². The molecule has 0 unspecified atom stereocenters.